The first-order valence-corrected chi connectivity index (χ1v) is 11.7. The number of benzene rings is 2. The molecule has 2 aromatic carbocycles. The van der Waals surface area contributed by atoms with E-state index in [9.17, 15) is 14.0 Å². The van der Waals surface area contributed by atoms with Crippen molar-refractivity contribution >= 4 is 27.7 Å². The first kappa shape index (κ1) is 25.8. The van der Waals surface area contributed by atoms with Gasteiger partial charge in [-0.3, -0.25) is 9.59 Å². The molecule has 7 heteroatoms. The number of carbonyl (C=O) groups excluding carboxylic acids is 2. The number of rotatable bonds is 10. The highest BCUT2D eigenvalue weighted by Gasteiger charge is 2.29. The van der Waals surface area contributed by atoms with Gasteiger partial charge in [0.25, 0.3) is 5.91 Å². The fourth-order valence-corrected chi connectivity index (χ4v) is 3.81. The van der Waals surface area contributed by atoms with Crippen LogP contribution in [0.25, 0.3) is 0 Å². The highest BCUT2D eigenvalue weighted by Crippen LogP contribution is 2.29. The predicted molar refractivity (Wildman–Crippen MR) is 128 cm³/mol. The molecule has 174 valence electrons. The summed E-state index contributed by atoms with van der Waals surface area (Å²) >= 11 is 3.51. The van der Waals surface area contributed by atoms with E-state index in [1.54, 1.807) is 12.1 Å². The molecular weight excluding hydrogens is 475 g/mol. The van der Waals surface area contributed by atoms with Crippen LogP contribution in [-0.2, 0) is 16.1 Å². The molecule has 0 aliphatic carbocycles. The van der Waals surface area contributed by atoms with Gasteiger partial charge in [0.1, 0.15) is 17.6 Å². The van der Waals surface area contributed by atoms with Crippen LogP contribution in [0.2, 0.25) is 0 Å². The molecule has 5 nitrogen and oxygen atoms in total. The molecule has 0 saturated carbocycles. The van der Waals surface area contributed by atoms with Crippen LogP contribution in [0.15, 0.2) is 46.9 Å². The van der Waals surface area contributed by atoms with E-state index in [-0.39, 0.29) is 36.8 Å². The van der Waals surface area contributed by atoms with E-state index in [0.717, 1.165) is 15.6 Å². The van der Waals surface area contributed by atoms with Crippen LogP contribution >= 0.6 is 15.9 Å². The monoisotopic (exact) mass is 506 g/mol. The SMILES string of the molecule is CCC(C(=O)NC(C)C)N(Cc1ccc(F)cc1)C(=O)COc1ccc(C(C)C)cc1Br. The molecule has 0 saturated heterocycles. The lowest BCUT2D eigenvalue weighted by atomic mass is 10.0. The van der Waals surface area contributed by atoms with Gasteiger partial charge in [0, 0.05) is 12.6 Å². The van der Waals surface area contributed by atoms with Crippen molar-refractivity contribution in [1.82, 2.24) is 10.2 Å². The predicted octanol–water partition coefficient (Wildman–Crippen LogP) is 5.42. The van der Waals surface area contributed by atoms with Crippen LogP contribution in [0, 0.1) is 5.82 Å². The van der Waals surface area contributed by atoms with E-state index in [0.29, 0.717) is 18.1 Å². The molecule has 2 amide bonds. The molecule has 32 heavy (non-hydrogen) atoms. The molecule has 0 fully saturated rings. The molecule has 1 unspecified atom stereocenters. The summed E-state index contributed by atoms with van der Waals surface area (Å²) in [6, 6.07) is 11.0. The van der Waals surface area contributed by atoms with Crippen molar-refractivity contribution in [3.8, 4) is 5.75 Å². The van der Waals surface area contributed by atoms with Crippen LogP contribution in [0.5, 0.6) is 5.75 Å². The van der Waals surface area contributed by atoms with E-state index in [1.807, 2.05) is 39.0 Å². The summed E-state index contributed by atoms with van der Waals surface area (Å²) in [4.78, 5) is 27.5. The minimum atomic E-state index is -0.662. The summed E-state index contributed by atoms with van der Waals surface area (Å²) in [5.41, 5.74) is 1.89. The Morgan fingerprint density at radius 2 is 1.75 bits per heavy atom. The van der Waals surface area contributed by atoms with Crippen LogP contribution in [-0.4, -0.2) is 35.4 Å². The van der Waals surface area contributed by atoms with Gasteiger partial charge in [-0.2, -0.15) is 0 Å². The average molecular weight is 507 g/mol. The van der Waals surface area contributed by atoms with Crippen molar-refractivity contribution in [2.24, 2.45) is 0 Å². The average Bonchev–Trinajstić information content (AvgIpc) is 2.73. The van der Waals surface area contributed by atoms with Crippen molar-refractivity contribution in [3.63, 3.8) is 0 Å². The standard InChI is InChI=1S/C25H32BrFN2O3/c1-6-22(25(31)28-17(4)5)29(14-18-7-10-20(27)11-8-18)24(30)15-32-23-12-9-19(16(2)3)13-21(23)26/h7-13,16-17,22H,6,14-15H2,1-5H3,(H,28,31). The first-order chi connectivity index (χ1) is 15.1. The van der Waals surface area contributed by atoms with Crippen molar-refractivity contribution in [1.29, 1.82) is 0 Å². The number of carbonyl (C=O) groups is 2. The van der Waals surface area contributed by atoms with Gasteiger partial charge in [-0.25, -0.2) is 4.39 Å². The molecule has 0 heterocycles. The van der Waals surface area contributed by atoms with Crippen LogP contribution < -0.4 is 10.1 Å². The Bertz CT molecular complexity index is 916. The van der Waals surface area contributed by atoms with E-state index < -0.39 is 6.04 Å². The van der Waals surface area contributed by atoms with Crippen molar-refractivity contribution in [2.45, 2.75) is 65.6 Å². The van der Waals surface area contributed by atoms with E-state index in [4.69, 9.17) is 4.74 Å². The van der Waals surface area contributed by atoms with Crippen molar-refractivity contribution in [2.75, 3.05) is 6.61 Å². The number of hydrogen-bond acceptors (Lipinski definition) is 3. The maximum Gasteiger partial charge on any atom is 0.261 e. The normalized spacial score (nSPS) is 12.0. The summed E-state index contributed by atoms with van der Waals surface area (Å²) in [5.74, 6) is 0.0386. The Morgan fingerprint density at radius 3 is 2.28 bits per heavy atom. The summed E-state index contributed by atoms with van der Waals surface area (Å²) in [6.45, 7) is 9.78. The maximum atomic E-state index is 13.3. The Kier molecular flexibility index (Phi) is 9.69. The molecule has 0 radical (unpaired) electrons. The van der Waals surface area contributed by atoms with Gasteiger partial charge in [0.05, 0.1) is 4.47 Å². The third kappa shape index (κ3) is 7.33. The quantitative estimate of drug-likeness (QED) is 0.467. The highest BCUT2D eigenvalue weighted by molar-refractivity contribution is 9.10. The van der Waals surface area contributed by atoms with Gasteiger partial charge in [0.2, 0.25) is 5.91 Å². The number of amides is 2. The lowest BCUT2D eigenvalue weighted by molar-refractivity contribution is -0.143. The number of nitrogens with one attached hydrogen (secondary N) is 1. The molecule has 0 bridgehead atoms. The van der Waals surface area contributed by atoms with E-state index in [2.05, 4.69) is 35.1 Å². The van der Waals surface area contributed by atoms with Gasteiger partial charge in [-0.15, -0.1) is 0 Å². The van der Waals surface area contributed by atoms with Gasteiger partial charge in [-0.1, -0.05) is 39.0 Å². The third-order valence-corrected chi connectivity index (χ3v) is 5.68. The Hall–Kier alpha value is -2.41. The number of ether oxygens (including phenoxy) is 1. The minimum absolute atomic E-state index is 0.0500. The lowest BCUT2D eigenvalue weighted by Gasteiger charge is -2.31. The summed E-state index contributed by atoms with van der Waals surface area (Å²) in [7, 11) is 0. The minimum Gasteiger partial charge on any atom is -0.483 e. The van der Waals surface area contributed by atoms with Crippen molar-refractivity contribution in [3.05, 3.63) is 63.9 Å². The van der Waals surface area contributed by atoms with Crippen LogP contribution in [0.4, 0.5) is 4.39 Å². The van der Waals surface area contributed by atoms with Crippen LogP contribution in [0.3, 0.4) is 0 Å². The second kappa shape index (κ2) is 12.0. The molecule has 1 atom stereocenters. The molecule has 0 spiro atoms. The molecule has 2 aromatic rings. The molecule has 0 aliphatic rings. The number of nitrogens with zero attached hydrogens (tertiary/aromatic N) is 1. The number of halogens is 2. The summed E-state index contributed by atoms with van der Waals surface area (Å²) < 4.78 is 19.9. The molecule has 0 aliphatic heterocycles. The molecular formula is C25H32BrFN2O3. The summed E-state index contributed by atoms with van der Waals surface area (Å²) in [5, 5.41) is 2.88. The Labute approximate surface area is 198 Å². The third-order valence-electron chi connectivity index (χ3n) is 5.06. The zero-order valence-corrected chi connectivity index (χ0v) is 20.9. The lowest BCUT2D eigenvalue weighted by Crippen LogP contribution is -2.51. The first-order valence-electron chi connectivity index (χ1n) is 10.9. The fourth-order valence-electron chi connectivity index (χ4n) is 3.30. The van der Waals surface area contributed by atoms with E-state index in [1.165, 1.54) is 17.0 Å². The van der Waals surface area contributed by atoms with Gasteiger partial charge in [0.15, 0.2) is 6.61 Å². The fraction of sp³-hybridized carbons (Fsp3) is 0.440. The second-order valence-electron chi connectivity index (χ2n) is 8.37. The molecule has 1 N–H and O–H groups in total. The topological polar surface area (TPSA) is 58.6 Å². The summed E-state index contributed by atoms with van der Waals surface area (Å²) in [6.07, 6.45) is 0.443. The molecule has 0 aromatic heterocycles. The Balaban J connectivity index is 2.22. The zero-order valence-electron chi connectivity index (χ0n) is 19.3. The van der Waals surface area contributed by atoms with Gasteiger partial charge < -0.3 is 15.0 Å². The highest BCUT2D eigenvalue weighted by atomic mass is 79.9. The maximum absolute atomic E-state index is 13.3. The largest absolute Gasteiger partial charge is 0.483 e. The van der Waals surface area contributed by atoms with Crippen molar-refractivity contribution < 1.29 is 18.7 Å². The van der Waals surface area contributed by atoms with Gasteiger partial charge >= 0.3 is 0 Å². The second-order valence-corrected chi connectivity index (χ2v) is 9.22. The Morgan fingerprint density at radius 1 is 1.09 bits per heavy atom. The van der Waals surface area contributed by atoms with Crippen LogP contribution in [0.1, 0.15) is 58.1 Å². The number of hydrogen-bond donors (Lipinski definition) is 1. The van der Waals surface area contributed by atoms with Gasteiger partial charge in [-0.05, 0) is 77.5 Å². The smallest absolute Gasteiger partial charge is 0.261 e. The zero-order chi connectivity index (χ0) is 23.8. The molecule has 2 rings (SSSR count). The van der Waals surface area contributed by atoms with E-state index >= 15 is 0 Å².